The molecule has 0 bridgehead atoms. The third-order valence-corrected chi connectivity index (χ3v) is 6.26. The normalized spacial score (nSPS) is 11.9. The van der Waals surface area contributed by atoms with Crippen LogP contribution in [0.4, 0.5) is 5.69 Å². The number of amides is 1. The lowest BCUT2D eigenvalue weighted by atomic mass is 10.1. The van der Waals surface area contributed by atoms with Crippen molar-refractivity contribution in [3.63, 3.8) is 0 Å². The van der Waals surface area contributed by atoms with Crippen molar-refractivity contribution in [2.75, 3.05) is 11.1 Å². The van der Waals surface area contributed by atoms with Gasteiger partial charge in [-0.05, 0) is 69.2 Å². The van der Waals surface area contributed by atoms with Crippen molar-refractivity contribution in [2.45, 2.75) is 45.5 Å². The van der Waals surface area contributed by atoms with Crippen LogP contribution in [-0.4, -0.2) is 26.4 Å². The zero-order valence-corrected chi connectivity index (χ0v) is 19.9. The summed E-state index contributed by atoms with van der Waals surface area (Å²) >= 11 is 4.79. The Morgan fingerprint density at radius 2 is 1.93 bits per heavy atom. The fourth-order valence-corrected chi connectivity index (χ4v) is 4.05. The molecule has 8 heteroatoms. The molecule has 1 amide bonds. The van der Waals surface area contributed by atoms with Crippen LogP contribution in [0.25, 0.3) is 0 Å². The van der Waals surface area contributed by atoms with Gasteiger partial charge in [-0.1, -0.05) is 39.8 Å². The van der Waals surface area contributed by atoms with E-state index in [1.54, 1.807) is 0 Å². The fourth-order valence-electron chi connectivity index (χ4n) is 2.98. The third-order valence-electron chi connectivity index (χ3n) is 4.76. The van der Waals surface area contributed by atoms with Crippen molar-refractivity contribution in [3.8, 4) is 5.75 Å². The summed E-state index contributed by atoms with van der Waals surface area (Å²) in [6, 6.07) is 13.6. The molecule has 0 aliphatic rings. The van der Waals surface area contributed by atoms with Gasteiger partial charge in [-0.2, -0.15) is 0 Å². The molecule has 1 atom stereocenters. The molecule has 1 heterocycles. The molecule has 30 heavy (non-hydrogen) atoms. The maximum atomic E-state index is 12.4. The Morgan fingerprint density at radius 1 is 1.20 bits per heavy atom. The van der Waals surface area contributed by atoms with Crippen molar-refractivity contribution in [3.05, 3.63) is 63.9 Å². The number of ether oxygens (including phenoxy) is 1. The molecule has 0 fully saturated rings. The maximum absolute atomic E-state index is 12.4. The molecule has 0 saturated heterocycles. The van der Waals surface area contributed by atoms with E-state index in [-0.39, 0.29) is 17.8 Å². The predicted octanol–water partition coefficient (Wildman–Crippen LogP) is 5.55. The Morgan fingerprint density at radius 3 is 2.63 bits per heavy atom. The van der Waals surface area contributed by atoms with Gasteiger partial charge in [0.15, 0.2) is 17.1 Å². The topological polar surface area (TPSA) is 69.0 Å². The monoisotopic (exact) mass is 488 g/mol. The van der Waals surface area contributed by atoms with E-state index in [0.29, 0.717) is 11.7 Å². The van der Waals surface area contributed by atoms with Gasteiger partial charge in [-0.25, -0.2) is 0 Å². The van der Waals surface area contributed by atoms with E-state index >= 15 is 0 Å². The Bertz CT molecular complexity index is 1020. The number of hydrogen-bond acceptors (Lipinski definition) is 5. The van der Waals surface area contributed by atoms with Crippen LogP contribution in [0, 0.1) is 13.8 Å². The summed E-state index contributed by atoms with van der Waals surface area (Å²) in [4.78, 5) is 12.4. The molecule has 1 aromatic heterocycles. The summed E-state index contributed by atoms with van der Waals surface area (Å²) in [5.74, 6) is 1.68. The summed E-state index contributed by atoms with van der Waals surface area (Å²) in [7, 11) is 0. The minimum absolute atomic E-state index is 0.0694. The summed E-state index contributed by atoms with van der Waals surface area (Å²) in [5, 5.41) is 12.3. The number of rotatable bonds is 8. The van der Waals surface area contributed by atoms with Gasteiger partial charge < -0.3 is 14.6 Å². The molecule has 0 saturated carbocycles. The van der Waals surface area contributed by atoms with Gasteiger partial charge in [0.2, 0.25) is 5.91 Å². The average Bonchev–Trinajstić information content (AvgIpc) is 3.14. The molecular formula is C22H25BrN4O2S. The highest BCUT2D eigenvalue weighted by molar-refractivity contribution is 9.10. The molecule has 1 unspecified atom stereocenters. The molecular weight excluding hydrogens is 464 g/mol. The minimum Gasteiger partial charge on any atom is -0.483 e. The second-order valence-electron chi connectivity index (χ2n) is 6.88. The van der Waals surface area contributed by atoms with E-state index < -0.39 is 0 Å². The zero-order valence-electron chi connectivity index (χ0n) is 17.5. The number of nitrogens with zero attached hydrogens (tertiary/aromatic N) is 3. The van der Waals surface area contributed by atoms with Crippen molar-refractivity contribution in [2.24, 2.45) is 0 Å². The van der Waals surface area contributed by atoms with Gasteiger partial charge in [-0.3, -0.25) is 4.79 Å². The van der Waals surface area contributed by atoms with Crippen LogP contribution in [0.15, 0.2) is 52.1 Å². The fraction of sp³-hybridized carbons (Fsp3) is 0.318. The van der Waals surface area contributed by atoms with Gasteiger partial charge in [0.25, 0.3) is 0 Å². The second kappa shape index (κ2) is 10.1. The number of anilines is 1. The first-order valence-corrected chi connectivity index (χ1v) is 11.5. The van der Waals surface area contributed by atoms with Crippen LogP contribution < -0.4 is 10.1 Å². The zero-order chi connectivity index (χ0) is 21.7. The van der Waals surface area contributed by atoms with E-state index in [9.17, 15) is 4.79 Å². The van der Waals surface area contributed by atoms with E-state index in [0.717, 1.165) is 32.9 Å². The van der Waals surface area contributed by atoms with Gasteiger partial charge in [0.05, 0.1) is 5.75 Å². The van der Waals surface area contributed by atoms with Gasteiger partial charge in [0.1, 0.15) is 5.75 Å². The lowest BCUT2D eigenvalue weighted by Crippen LogP contribution is -2.16. The highest BCUT2D eigenvalue weighted by Gasteiger charge is 2.19. The molecule has 6 nitrogen and oxygen atoms in total. The van der Waals surface area contributed by atoms with Crippen molar-refractivity contribution < 1.29 is 9.53 Å². The first-order valence-electron chi connectivity index (χ1n) is 9.73. The molecule has 2 aromatic carbocycles. The Hall–Kier alpha value is -2.32. The summed E-state index contributed by atoms with van der Waals surface area (Å²) in [6.07, 6.45) is -0.267. The van der Waals surface area contributed by atoms with Crippen LogP contribution in [0.3, 0.4) is 0 Å². The molecule has 3 rings (SSSR count). The number of benzene rings is 2. The number of aryl methyl sites for hydroxylation is 1. The number of halogens is 1. The number of carbonyl (C=O) groups is 1. The summed E-state index contributed by atoms with van der Waals surface area (Å²) in [5.41, 5.74) is 3.07. The van der Waals surface area contributed by atoms with E-state index in [2.05, 4.69) is 31.4 Å². The molecule has 0 spiro atoms. The van der Waals surface area contributed by atoms with Crippen LogP contribution in [-0.2, 0) is 11.3 Å². The number of hydrogen-bond donors (Lipinski definition) is 1. The minimum atomic E-state index is -0.267. The van der Waals surface area contributed by atoms with E-state index in [1.165, 1.54) is 11.8 Å². The lowest BCUT2D eigenvalue weighted by molar-refractivity contribution is -0.113. The number of aromatic nitrogens is 3. The molecule has 0 radical (unpaired) electrons. The Labute approximate surface area is 189 Å². The molecule has 1 N–H and O–H groups in total. The van der Waals surface area contributed by atoms with Crippen molar-refractivity contribution in [1.82, 2.24) is 14.8 Å². The highest BCUT2D eigenvalue weighted by atomic mass is 79.9. The number of carbonyl (C=O) groups excluding carboxylic acids is 1. The first kappa shape index (κ1) is 22.4. The standard InChI is InChI=1S/C22H25BrN4O2S/c1-5-27-21(16(4)29-18-11-9-17(23)10-12-18)25-26-22(27)30-13-20(28)24-19-8-6-7-14(2)15(19)3/h6-12,16H,5,13H2,1-4H3,(H,24,28). The molecule has 3 aromatic rings. The van der Waals surface area contributed by atoms with Gasteiger partial charge in [-0.15, -0.1) is 10.2 Å². The summed E-state index contributed by atoms with van der Waals surface area (Å²) < 4.78 is 8.99. The SMILES string of the molecule is CCn1c(SCC(=O)Nc2cccc(C)c2C)nnc1C(C)Oc1ccc(Br)cc1. The quantitative estimate of drug-likeness (QED) is 0.421. The second-order valence-corrected chi connectivity index (χ2v) is 8.74. The van der Waals surface area contributed by atoms with Crippen LogP contribution >= 0.6 is 27.7 Å². The van der Waals surface area contributed by atoms with Crippen molar-refractivity contribution >= 4 is 39.3 Å². The smallest absolute Gasteiger partial charge is 0.234 e. The average molecular weight is 489 g/mol. The molecule has 0 aliphatic heterocycles. The number of thioether (sulfide) groups is 1. The Kier molecular flexibility index (Phi) is 7.55. The largest absolute Gasteiger partial charge is 0.483 e. The molecule has 158 valence electrons. The highest BCUT2D eigenvalue weighted by Crippen LogP contribution is 2.26. The van der Waals surface area contributed by atoms with E-state index in [1.807, 2.05) is 74.7 Å². The predicted molar refractivity (Wildman–Crippen MR) is 124 cm³/mol. The van der Waals surface area contributed by atoms with E-state index in [4.69, 9.17) is 4.74 Å². The van der Waals surface area contributed by atoms with Crippen LogP contribution in [0.5, 0.6) is 5.75 Å². The Balaban J connectivity index is 1.64. The maximum Gasteiger partial charge on any atom is 0.234 e. The third kappa shape index (κ3) is 5.43. The van der Waals surface area contributed by atoms with Gasteiger partial charge >= 0.3 is 0 Å². The van der Waals surface area contributed by atoms with Gasteiger partial charge in [0, 0.05) is 16.7 Å². The molecule has 0 aliphatic carbocycles. The summed E-state index contributed by atoms with van der Waals surface area (Å²) in [6.45, 7) is 8.70. The van der Waals surface area contributed by atoms with Crippen LogP contribution in [0.1, 0.15) is 36.9 Å². The first-order chi connectivity index (χ1) is 14.4. The lowest BCUT2D eigenvalue weighted by Gasteiger charge is -2.15. The van der Waals surface area contributed by atoms with Crippen LogP contribution in [0.2, 0.25) is 0 Å². The number of nitrogens with one attached hydrogen (secondary N) is 1. The van der Waals surface area contributed by atoms with Crippen molar-refractivity contribution in [1.29, 1.82) is 0 Å².